The summed E-state index contributed by atoms with van der Waals surface area (Å²) in [5, 5.41) is 0. The van der Waals surface area contributed by atoms with Crippen LogP contribution in [0.4, 0.5) is 4.79 Å². The second kappa shape index (κ2) is 4.62. The molecule has 4 heteroatoms. The summed E-state index contributed by atoms with van der Waals surface area (Å²) >= 11 is 4.97. The quantitative estimate of drug-likeness (QED) is 0.553. The first-order valence-corrected chi connectivity index (χ1v) is 3.96. The van der Waals surface area contributed by atoms with Gasteiger partial charge in [0.25, 0.3) is 0 Å². The van der Waals surface area contributed by atoms with Crippen LogP contribution in [0.3, 0.4) is 0 Å². The monoisotopic (exact) mass is 198 g/mol. The van der Waals surface area contributed by atoms with E-state index < -0.39 is 5.43 Å². The molecule has 0 aromatic heterocycles. The predicted molar refractivity (Wildman–Crippen MR) is 47.9 cm³/mol. The first-order valence-electron chi connectivity index (χ1n) is 3.59. The lowest BCUT2D eigenvalue weighted by Gasteiger charge is -2.00. The van der Waals surface area contributed by atoms with Gasteiger partial charge in [-0.1, -0.05) is 18.2 Å². The van der Waals surface area contributed by atoms with E-state index in [2.05, 4.69) is 4.74 Å². The minimum atomic E-state index is -0.850. The number of hydrogen-bond acceptors (Lipinski definition) is 3. The van der Waals surface area contributed by atoms with Crippen molar-refractivity contribution in [3.63, 3.8) is 0 Å². The summed E-state index contributed by atoms with van der Waals surface area (Å²) in [6.07, 6.45) is 0.728. The van der Waals surface area contributed by atoms with E-state index in [1.54, 1.807) is 24.3 Å². The van der Waals surface area contributed by atoms with Crippen molar-refractivity contribution in [1.82, 2.24) is 0 Å². The number of carbonyl (C=O) groups excluding carboxylic acids is 2. The Kier molecular flexibility index (Phi) is 3.46. The van der Waals surface area contributed by atoms with Crippen LogP contribution in [-0.4, -0.2) is 11.7 Å². The topological polar surface area (TPSA) is 43.4 Å². The minimum Gasteiger partial charge on any atom is -0.449 e. The number of ether oxygens (including phenoxy) is 1. The standard InChI is InChI=1S/C9H7ClO3/c10-9(12)13-6-8-3-1-2-7(4-8)5-11/h1-5H,6H2. The van der Waals surface area contributed by atoms with E-state index in [0.717, 1.165) is 11.8 Å². The lowest BCUT2D eigenvalue weighted by molar-refractivity contribution is 0.112. The molecule has 0 fully saturated rings. The summed E-state index contributed by atoms with van der Waals surface area (Å²) in [6.45, 7) is 0.0873. The highest BCUT2D eigenvalue weighted by Gasteiger charge is 1.98. The Morgan fingerprint density at radius 2 is 2.31 bits per heavy atom. The molecule has 0 saturated carbocycles. The van der Waals surface area contributed by atoms with Gasteiger partial charge in [-0.25, -0.2) is 4.79 Å². The zero-order valence-electron chi connectivity index (χ0n) is 6.70. The molecular formula is C9H7ClO3. The van der Waals surface area contributed by atoms with Gasteiger partial charge in [-0.3, -0.25) is 4.79 Å². The van der Waals surface area contributed by atoms with Crippen molar-refractivity contribution in [3.05, 3.63) is 35.4 Å². The fourth-order valence-corrected chi connectivity index (χ4v) is 0.951. The number of aldehydes is 1. The molecular weight excluding hydrogens is 192 g/mol. The summed E-state index contributed by atoms with van der Waals surface area (Å²) in [7, 11) is 0. The van der Waals surface area contributed by atoms with Crippen molar-refractivity contribution < 1.29 is 14.3 Å². The molecule has 0 heterocycles. The molecule has 0 spiro atoms. The van der Waals surface area contributed by atoms with Gasteiger partial charge in [-0.05, 0) is 11.6 Å². The maximum absolute atomic E-state index is 10.4. The van der Waals surface area contributed by atoms with Gasteiger partial charge in [0, 0.05) is 17.2 Å². The Morgan fingerprint density at radius 3 is 2.92 bits per heavy atom. The molecule has 0 unspecified atom stereocenters. The molecule has 0 aliphatic rings. The van der Waals surface area contributed by atoms with Gasteiger partial charge in [-0.2, -0.15) is 0 Å². The molecule has 1 aromatic rings. The van der Waals surface area contributed by atoms with Crippen molar-refractivity contribution in [2.75, 3.05) is 0 Å². The number of carbonyl (C=O) groups is 2. The van der Waals surface area contributed by atoms with E-state index >= 15 is 0 Å². The van der Waals surface area contributed by atoms with Crippen LogP contribution in [-0.2, 0) is 11.3 Å². The van der Waals surface area contributed by atoms with Gasteiger partial charge in [0.1, 0.15) is 12.9 Å². The third-order valence-electron chi connectivity index (χ3n) is 1.44. The highest BCUT2D eigenvalue weighted by Crippen LogP contribution is 2.05. The average Bonchev–Trinajstić information content (AvgIpc) is 2.15. The predicted octanol–water partition coefficient (Wildman–Crippen LogP) is 2.37. The molecule has 68 valence electrons. The molecule has 0 aliphatic carbocycles. The third-order valence-corrected chi connectivity index (χ3v) is 1.55. The van der Waals surface area contributed by atoms with Crippen LogP contribution in [0.1, 0.15) is 15.9 Å². The van der Waals surface area contributed by atoms with Crippen LogP contribution in [0.2, 0.25) is 0 Å². The van der Waals surface area contributed by atoms with Crippen LogP contribution >= 0.6 is 11.6 Å². The molecule has 3 nitrogen and oxygen atoms in total. The fourth-order valence-electron chi connectivity index (χ4n) is 0.896. The van der Waals surface area contributed by atoms with Gasteiger partial charge in [-0.15, -0.1) is 0 Å². The van der Waals surface area contributed by atoms with Crippen LogP contribution < -0.4 is 0 Å². The van der Waals surface area contributed by atoms with Gasteiger partial charge in [0.05, 0.1) is 0 Å². The number of halogens is 1. The number of rotatable bonds is 3. The first kappa shape index (κ1) is 9.74. The lowest BCUT2D eigenvalue weighted by Crippen LogP contribution is -1.95. The molecule has 13 heavy (non-hydrogen) atoms. The van der Waals surface area contributed by atoms with Crippen molar-refractivity contribution in [2.45, 2.75) is 6.61 Å². The highest BCUT2D eigenvalue weighted by atomic mass is 35.5. The van der Waals surface area contributed by atoms with Crippen molar-refractivity contribution in [3.8, 4) is 0 Å². The number of benzene rings is 1. The summed E-state index contributed by atoms with van der Waals surface area (Å²) in [4.78, 5) is 20.6. The Bertz CT molecular complexity index is 322. The highest BCUT2D eigenvalue weighted by molar-refractivity contribution is 6.61. The summed E-state index contributed by atoms with van der Waals surface area (Å²) < 4.78 is 4.54. The fraction of sp³-hybridized carbons (Fsp3) is 0.111. The van der Waals surface area contributed by atoms with Crippen LogP contribution in [0.5, 0.6) is 0 Å². The molecule has 1 aromatic carbocycles. The Morgan fingerprint density at radius 1 is 1.54 bits per heavy atom. The van der Waals surface area contributed by atoms with Gasteiger partial charge < -0.3 is 4.74 Å². The van der Waals surface area contributed by atoms with Crippen LogP contribution in [0, 0.1) is 0 Å². The molecule has 0 N–H and O–H groups in total. The van der Waals surface area contributed by atoms with Crippen molar-refractivity contribution >= 4 is 23.3 Å². The van der Waals surface area contributed by atoms with E-state index in [1.807, 2.05) is 0 Å². The summed E-state index contributed by atoms with van der Waals surface area (Å²) in [5.41, 5.74) is 0.429. The molecule has 0 atom stereocenters. The van der Waals surface area contributed by atoms with Crippen LogP contribution in [0.15, 0.2) is 24.3 Å². The van der Waals surface area contributed by atoms with Crippen molar-refractivity contribution in [2.24, 2.45) is 0 Å². The SMILES string of the molecule is O=Cc1cccc(COC(=O)Cl)c1. The Labute approximate surface area is 80.3 Å². The molecule has 0 bridgehead atoms. The average molecular weight is 199 g/mol. The number of hydrogen-bond donors (Lipinski definition) is 0. The molecule has 0 aliphatic heterocycles. The zero-order valence-corrected chi connectivity index (χ0v) is 7.45. The second-order valence-electron chi connectivity index (χ2n) is 2.39. The van der Waals surface area contributed by atoms with Crippen LogP contribution in [0.25, 0.3) is 0 Å². The second-order valence-corrected chi connectivity index (χ2v) is 2.70. The zero-order chi connectivity index (χ0) is 9.68. The van der Waals surface area contributed by atoms with Crippen molar-refractivity contribution in [1.29, 1.82) is 0 Å². The van der Waals surface area contributed by atoms with Gasteiger partial charge in [0.2, 0.25) is 0 Å². The van der Waals surface area contributed by atoms with E-state index in [1.165, 1.54) is 0 Å². The summed E-state index contributed by atoms with van der Waals surface area (Å²) in [6, 6.07) is 6.75. The minimum absolute atomic E-state index is 0.0873. The van der Waals surface area contributed by atoms with E-state index in [4.69, 9.17) is 11.6 Å². The normalized spacial score (nSPS) is 9.31. The van der Waals surface area contributed by atoms with E-state index in [9.17, 15) is 9.59 Å². The lowest BCUT2D eigenvalue weighted by atomic mass is 10.1. The third kappa shape index (κ3) is 3.25. The van der Waals surface area contributed by atoms with Gasteiger partial charge in [0.15, 0.2) is 0 Å². The maximum atomic E-state index is 10.4. The molecule has 1 rings (SSSR count). The molecule has 0 radical (unpaired) electrons. The summed E-state index contributed by atoms with van der Waals surface area (Å²) in [5.74, 6) is 0. The Balaban J connectivity index is 2.66. The van der Waals surface area contributed by atoms with E-state index in [-0.39, 0.29) is 6.61 Å². The molecule has 0 saturated heterocycles. The van der Waals surface area contributed by atoms with Gasteiger partial charge >= 0.3 is 5.43 Å². The maximum Gasteiger partial charge on any atom is 0.404 e. The molecule has 0 amide bonds. The smallest absolute Gasteiger partial charge is 0.404 e. The Hall–Kier alpha value is -1.35. The first-order chi connectivity index (χ1) is 6.22. The largest absolute Gasteiger partial charge is 0.449 e. The van der Waals surface area contributed by atoms with E-state index in [0.29, 0.717) is 5.56 Å².